The molecule has 0 radical (unpaired) electrons. The Labute approximate surface area is 109 Å². The van der Waals surface area contributed by atoms with Crippen molar-refractivity contribution in [3.63, 3.8) is 0 Å². The molecule has 4 nitrogen and oxygen atoms in total. The zero-order valence-corrected chi connectivity index (χ0v) is 11.7. The summed E-state index contributed by atoms with van der Waals surface area (Å²) in [5.41, 5.74) is -0.759. The first-order chi connectivity index (χ1) is 7.25. The van der Waals surface area contributed by atoms with Gasteiger partial charge in [-0.3, -0.25) is 9.59 Å². The van der Waals surface area contributed by atoms with Gasteiger partial charge in [-0.1, -0.05) is 22.6 Å². The van der Waals surface area contributed by atoms with Crippen molar-refractivity contribution in [1.82, 2.24) is 0 Å². The van der Waals surface area contributed by atoms with E-state index in [1.165, 1.54) is 0 Å². The Balaban J connectivity index is 2.72. The molecule has 92 valence electrons. The van der Waals surface area contributed by atoms with Crippen LogP contribution in [-0.4, -0.2) is 26.1 Å². The lowest BCUT2D eigenvalue weighted by molar-refractivity contribution is -0.165. The molecule has 1 N–H and O–H groups in total. The molecule has 0 saturated heterocycles. The molecule has 0 spiro atoms. The van der Waals surface area contributed by atoms with Crippen LogP contribution in [0.1, 0.15) is 46.0 Å². The largest absolute Gasteiger partial charge is 0.481 e. The number of carboxylic acid groups (broad SMARTS) is 1. The number of halogens is 1. The Kier molecular flexibility index (Phi) is 4.20. The maximum atomic E-state index is 11.8. The summed E-state index contributed by atoms with van der Waals surface area (Å²) in [5, 5.41) is 8.86. The van der Waals surface area contributed by atoms with Gasteiger partial charge in [-0.05, 0) is 39.5 Å². The Bertz CT molecular complexity index is 287. The molecule has 1 aliphatic carbocycles. The van der Waals surface area contributed by atoms with Crippen LogP contribution in [0.15, 0.2) is 0 Å². The zero-order chi connectivity index (χ0) is 12.4. The third-order valence-corrected chi connectivity index (χ3v) is 3.22. The lowest BCUT2D eigenvalue weighted by Gasteiger charge is -2.30. The number of aliphatic carboxylic acids is 1. The number of hydrogen-bond acceptors (Lipinski definition) is 3. The highest BCUT2D eigenvalue weighted by Gasteiger charge is 2.42. The average Bonchev–Trinajstić information content (AvgIpc) is 2.49. The SMILES string of the molecule is CC(C)(I)C(=O)OC1(CC(=O)O)CCCC1. The Morgan fingerprint density at radius 3 is 2.25 bits per heavy atom. The summed E-state index contributed by atoms with van der Waals surface area (Å²) in [6, 6.07) is 0. The van der Waals surface area contributed by atoms with Gasteiger partial charge in [0.25, 0.3) is 0 Å². The van der Waals surface area contributed by atoms with Crippen molar-refractivity contribution in [3.05, 3.63) is 0 Å². The van der Waals surface area contributed by atoms with Crippen LogP contribution in [0.5, 0.6) is 0 Å². The van der Waals surface area contributed by atoms with Crippen LogP contribution in [-0.2, 0) is 14.3 Å². The second-order valence-electron chi connectivity index (χ2n) is 4.82. The summed E-state index contributed by atoms with van der Waals surface area (Å²) in [7, 11) is 0. The molecule has 1 saturated carbocycles. The van der Waals surface area contributed by atoms with E-state index in [1.807, 2.05) is 22.6 Å². The minimum Gasteiger partial charge on any atom is -0.481 e. The molecule has 0 aliphatic heterocycles. The Hall–Kier alpha value is -0.330. The summed E-state index contributed by atoms with van der Waals surface area (Å²) in [4.78, 5) is 22.6. The first-order valence-corrected chi connectivity index (χ1v) is 6.47. The number of carbonyl (C=O) groups is 2. The van der Waals surface area contributed by atoms with Crippen LogP contribution in [0.2, 0.25) is 0 Å². The van der Waals surface area contributed by atoms with Crippen LogP contribution < -0.4 is 0 Å². The molecule has 0 heterocycles. The van der Waals surface area contributed by atoms with Crippen molar-refractivity contribution < 1.29 is 19.4 Å². The van der Waals surface area contributed by atoms with Crippen molar-refractivity contribution in [2.24, 2.45) is 0 Å². The number of carboxylic acids is 1. The highest BCUT2D eigenvalue weighted by Crippen LogP contribution is 2.38. The van der Waals surface area contributed by atoms with Crippen LogP contribution in [0.4, 0.5) is 0 Å². The van der Waals surface area contributed by atoms with Gasteiger partial charge in [0.15, 0.2) is 0 Å². The Morgan fingerprint density at radius 2 is 1.88 bits per heavy atom. The topological polar surface area (TPSA) is 63.6 Å². The maximum Gasteiger partial charge on any atom is 0.322 e. The van der Waals surface area contributed by atoms with Gasteiger partial charge in [0, 0.05) is 0 Å². The second-order valence-corrected chi connectivity index (χ2v) is 7.52. The van der Waals surface area contributed by atoms with Gasteiger partial charge in [-0.25, -0.2) is 0 Å². The lowest BCUT2D eigenvalue weighted by Crippen LogP contribution is -2.40. The molecule has 1 fully saturated rings. The Morgan fingerprint density at radius 1 is 1.38 bits per heavy atom. The quantitative estimate of drug-likeness (QED) is 0.485. The summed E-state index contributed by atoms with van der Waals surface area (Å²) < 4.78 is 4.84. The minimum atomic E-state index is -0.902. The molecular formula is C11H17IO4. The van der Waals surface area contributed by atoms with E-state index in [1.54, 1.807) is 13.8 Å². The van der Waals surface area contributed by atoms with Crippen LogP contribution in [0, 0.1) is 0 Å². The first-order valence-electron chi connectivity index (χ1n) is 5.39. The molecule has 16 heavy (non-hydrogen) atoms. The summed E-state index contributed by atoms with van der Waals surface area (Å²) in [5.74, 6) is -1.22. The molecule has 0 unspecified atom stereocenters. The number of esters is 1. The number of alkyl halides is 1. The van der Waals surface area contributed by atoms with Gasteiger partial charge in [0.2, 0.25) is 0 Å². The van der Waals surface area contributed by atoms with Crippen molar-refractivity contribution in [2.75, 3.05) is 0 Å². The number of hydrogen-bond donors (Lipinski definition) is 1. The number of ether oxygens (including phenoxy) is 1. The van der Waals surface area contributed by atoms with E-state index in [9.17, 15) is 9.59 Å². The molecule has 1 aliphatic rings. The molecule has 0 aromatic carbocycles. The predicted molar refractivity (Wildman–Crippen MR) is 67.6 cm³/mol. The highest BCUT2D eigenvalue weighted by molar-refractivity contribution is 14.1. The molecule has 1 rings (SSSR count). The molecule has 0 bridgehead atoms. The van der Waals surface area contributed by atoms with E-state index in [-0.39, 0.29) is 12.4 Å². The second kappa shape index (κ2) is 4.89. The fraction of sp³-hybridized carbons (Fsp3) is 0.818. The van der Waals surface area contributed by atoms with Crippen LogP contribution in [0.25, 0.3) is 0 Å². The van der Waals surface area contributed by atoms with Gasteiger partial charge in [0.05, 0.1) is 6.42 Å². The lowest BCUT2D eigenvalue weighted by atomic mass is 9.97. The third kappa shape index (κ3) is 3.61. The van der Waals surface area contributed by atoms with Gasteiger partial charge >= 0.3 is 11.9 Å². The van der Waals surface area contributed by atoms with E-state index in [2.05, 4.69) is 0 Å². The fourth-order valence-corrected chi connectivity index (χ4v) is 2.04. The molecule has 0 amide bonds. The monoisotopic (exact) mass is 340 g/mol. The molecule has 0 aromatic heterocycles. The van der Waals surface area contributed by atoms with Crippen molar-refractivity contribution in [3.8, 4) is 0 Å². The standard InChI is InChI=1S/C11H17IO4/c1-10(2,12)9(15)16-11(7-8(13)14)5-3-4-6-11/h3-7H2,1-2H3,(H,13,14). The average molecular weight is 340 g/mol. The van der Waals surface area contributed by atoms with E-state index in [0.29, 0.717) is 12.8 Å². The third-order valence-electron chi connectivity index (χ3n) is 2.78. The minimum absolute atomic E-state index is 0.0779. The van der Waals surface area contributed by atoms with Crippen molar-refractivity contribution >= 4 is 34.5 Å². The fourth-order valence-electron chi connectivity index (χ4n) is 1.93. The molecule has 0 atom stereocenters. The van der Waals surface area contributed by atoms with Gasteiger partial charge in [-0.15, -0.1) is 0 Å². The summed E-state index contributed by atoms with van der Waals surface area (Å²) in [6.07, 6.45) is 3.12. The predicted octanol–water partition coefficient (Wildman–Crippen LogP) is 2.53. The molecular weight excluding hydrogens is 323 g/mol. The van der Waals surface area contributed by atoms with Crippen LogP contribution >= 0.6 is 22.6 Å². The van der Waals surface area contributed by atoms with Gasteiger partial charge < -0.3 is 9.84 Å². The smallest absolute Gasteiger partial charge is 0.322 e. The van der Waals surface area contributed by atoms with E-state index >= 15 is 0 Å². The summed E-state index contributed by atoms with van der Waals surface area (Å²) >= 11 is 2.01. The van der Waals surface area contributed by atoms with Gasteiger partial charge in [0.1, 0.15) is 9.02 Å². The van der Waals surface area contributed by atoms with E-state index < -0.39 is 15.0 Å². The zero-order valence-electron chi connectivity index (χ0n) is 9.59. The van der Waals surface area contributed by atoms with E-state index in [0.717, 1.165) is 12.8 Å². The molecule has 0 aromatic rings. The number of carbonyl (C=O) groups excluding carboxylic acids is 1. The highest BCUT2D eigenvalue weighted by atomic mass is 127. The van der Waals surface area contributed by atoms with E-state index in [4.69, 9.17) is 9.84 Å². The first kappa shape index (κ1) is 13.7. The number of rotatable bonds is 4. The van der Waals surface area contributed by atoms with Gasteiger partial charge in [-0.2, -0.15) is 0 Å². The normalized spacial score (nSPS) is 19.4. The maximum absolute atomic E-state index is 11.8. The van der Waals surface area contributed by atoms with Crippen molar-refractivity contribution in [2.45, 2.75) is 55.0 Å². The van der Waals surface area contributed by atoms with Crippen LogP contribution in [0.3, 0.4) is 0 Å². The van der Waals surface area contributed by atoms with Crippen molar-refractivity contribution in [1.29, 1.82) is 0 Å². The summed E-state index contributed by atoms with van der Waals surface area (Å²) in [6.45, 7) is 3.53. The molecule has 5 heteroatoms.